The maximum atomic E-state index is 13.1. The second kappa shape index (κ2) is 105. The lowest BCUT2D eigenvalue weighted by molar-refractivity contribution is -0.870. The molecule has 6 atom stereocenters. The van der Waals surface area contributed by atoms with Gasteiger partial charge in [-0.05, 0) is 38.5 Å². The van der Waals surface area contributed by atoms with E-state index in [0.29, 0.717) is 187 Å². The minimum Gasteiger partial charge on any atom is -0.462 e. The smallest absolute Gasteiger partial charge is 0.462 e. The zero-order valence-corrected chi connectivity index (χ0v) is 95.6. The highest BCUT2D eigenvalue weighted by atomic mass is 32.2. The van der Waals surface area contributed by atoms with Gasteiger partial charge in [0, 0.05) is 69.0 Å². The Labute approximate surface area is 900 Å². The van der Waals surface area contributed by atoms with E-state index in [2.05, 4.69) is 40.4 Å². The number of thioether (sulfide) groups is 1. The van der Waals surface area contributed by atoms with Gasteiger partial charge in [-0.2, -0.15) is 11.8 Å². The zero-order valence-electron chi connectivity index (χ0n) is 93.9. The number of carbonyl (C=O) groups is 8. The summed E-state index contributed by atoms with van der Waals surface area (Å²) in [6.07, 6.45) is 67.5. The predicted molar refractivity (Wildman–Crippen MR) is 587 cm³/mol. The molecule has 2 aliphatic rings. The maximum Gasteiger partial charge on any atom is 0.472 e. The first-order valence-electron chi connectivity index (χ1n) is 59.2. The van der Waals surface area contributed by atoms with Gasteiger partial charge in [-0.3, -0.25) is 42.6 Å². The van der Waals surface area contributed by atoms with Crippen LogP contribution in [0, 0.1) is 0 Å². The Morgan fingerprint density at radius 2 is 0.581 bits per heavy atom. The fourth-order valence-corrected chi connectivity index (χ4v) is 19.7. The summed E-state index contributed by atoms with van der Waals surface area (Å²) in [6, 6.07) is 0.363. The molecule has 0 aromatic carbocycles. The molecule has 33 nitrogen and oxygen atoms in total. The molecule has 0 aliphatic carbocycles. The fraction of sp³-hybridized carbons (Fsp3) is 0.929. The van der Waals surface area contributed by atoms with Crippen molar-refractivity contribution in [2.24, 2.45) is 0 Å². The standard InChI is InChI=1S/C113H215N6O27PS/c1-6-8-10-12-14-16-18-36-40-44-48-52-56-64-108(123)141-97-101(96-116-107(122)69-68-106(121)115-71-74-131-77-79-133-81-83-135-85-87-137-89-91-139-93-95-140-94-92-138-90-88-136-86-84-134-82-80-132-78-76-130-73-70-114-105(120)63-61-60-62-104-112-103(100-148-104)117-113(127)118-112)145-110(125)66-58-54-50-46-42-38-34-32-30-28-26-24-22-20-21-23-25-27-29-31-33-35-39-43-47-51-55-59-67-111(126)146-102(99-144-147(128,129)143-75-72-119(3,4)5)98-142-109(124)65-57-53-49-45-41-37-19-17-15-13-11-9-7-2/h101-104,112H,6-100H2,1-5H3,(H5-,114,115,116,117,118,120,121,122,127,128,129)/p+1/t101-,102+,103-,104-,112-/m0/s1. The van der Waals surface area contributed by atoms with Crippen LogP contribution in [0.5, 0.6) is 0 Å². The zero-order chi connectivity index (χ0) is 107. The molecular weight excluding hydrogens is 1940 g/mol. The van der Waals surface area contributed by atoms with Crippen LogP contribution in [-0.4, -0.2) is 311 Å². The van der Waals surface area contributed by atoms with E-state index in [1.807, 2.05) is 32.9 Å². The molecular formula is C113H216N6O27PS+. The van der Waals surface area contributed by atoms with Crippen molar-refractivity contribution >= 4 is 67.2 Å². The number of urea groups is 1. The van der Waals surface area contributed by atoms with Crippen molar-refractivity contribution in [1.29, 1.82) is 0 Å². The van der Waals surface area contributed by atoms with Crippen molar-refractivity contribution in [1.82, 2.24) is 26.6 Å². The number of nitrogens with one attached hydrogen (secondary N) is 5. The van der Waals surface area contributed by atoms with Gasteiger partial charge in [0.2, 0.25) is 17.7 Å². The second-order valence-electron chi connectivity index (χ2n) is 41.2. The number of rotatable bonds is 118. The molecule has 0 aromatic heterocycles. The van der Waals surface area contributed by atoms with Gasteiger partial charge in [-0.15, -0.1) is 0 Å². The summed E-state index contributed by atoms with van der Waals surface area (Å²) < 4.78 is 107. The molecule has 1 unspecified atom stereocenters. The molecule has 2 fully saturated rings. The molecule has 5 amide bonds. The van der Waals surface area contributed by atoms with Gasteiger partial charge < -0.3 is 107 Å². The summed E-state index contributed by atoms with van der Waals surface area (Å²) in [5.41, 5.74) is 0. The highest BCUT2D eigenvalue weighted by Gasteiger charge is 2.42. The lowest BCUT2D eigenvalue weighted by atomic mass is 10.0. The average molecular weight is 2150 g/mol. The van der Waals surface area contributed by atoms with E-state index in [-0.39, 0.29) is 125 Å². The molecule has 0 saturated carbocycles. The van der Waals surface area contributed by atoms with Crippen LogP contribution in [0.2, 0.25) is 0 Å². The number of esters is 4. The Morgan fingerprint density at radius 1 is 0.318 bits per heavy atom. The fourth-order valence-electron chi connectivity index (χ4n) is 17.4. The number of unbranched alkanes of at least 4 members (excludes halogenated alkanes) is 52. The first-order chi connectivity index (χ1) is 72.3. The summed E-state index contributed by atoms with van der Waals surface area (Å²) in [5, 5.41) is 14.9. The van der Waals surface area contributed by atoms with E-state index < -0.39 is 32.6 Å². The third-order valence-electron chi connectivity index (χ3n) is 26.4. The summed E-state index contributed by atoms with van der Waals surface area (Å²) in [5.74, 6) is -1.24. The Morgan fingerprint density at radius 3 is 0.892 bits per heavy atom. The first kappa shape index (κ1) is 140. The summed E-state index contributed by atoms with van der Waals surface area (Å²) in [7, 11) is 1.43. The number of hydrogen-bond acceptors (Lipinski definition) is 27. The lowest BCUT2D eigenvalue weighted by Gasteiger charge is -2.24. The van der Waals surface area contributed by atoms with E-state index in [1.54, 1.807) is 0 Å². The minimum absolute atomic E-state index is 0.0154. The number of quaternary nitrogens is 1. The summed E-state index contributed by atoms with van der Waals surface area (Å²) >= 11 is 1.89. The molecule has 0 bridgehead atoms. The number of amides is 5. The van der Waals surface area contributed by atoms with Crippen LogP contribution in [0.1, 0.15) is 425 Å². The number of phosphoric acid groups is 1. The van der Waals surface area contributed by atoms with Crippen molar-refractivity contribution in [2.75, 3.05) is 225 Å². The molecule has 0 spiro atoms. The van der Waals surface area contributed by atoms with Crippen molar-refractivity contribution in [3.05, 3.63) is 0 Å². The summed E-state index contributed by atoms with van der Waals surface area (Å²) in [4.78, 5) is 111. The molecule has 2 rings (SSSR count). The number of hydrogen-bond donors (Lipinski definition) is 6. The van der Waals surface area contributed by atoms with Gasteiger partial charge in [0.1, 0.15) is 26.4 Å². The van der Waals surface area contributed by atoms with Gasteiger partial charge >= 0.3 is 37.7 Å². The van der Waals surface area contributed by atoms with Crippen molar-refractivity contribution in [2.45, 2.75) is 454 Å². The predicted octanol–water partition coefficient (Wildman–Crippen LogP) is 21.4. The van der Waals surface area contributed by atoms with Gasteiger partial charge in [-0.25, -0.2) is 9.36 Å². The van der Waals surface area contributed by atoms with E-state index in [9.17, 15) is 47.8 Å². The first-order valence-corrected chi connectivity index (χ1v) is 61.8. The Bertz CT molecular complexity index is 3110. The van der Waals surface area contributed by atoms with Gasteiger partial charge in [0.25, 0.3) is 0 Å². The van der Waals surface area contributed by atoms with Crippen molar-refractivity contribution in [3.8, 4) is 0 Å². The average Bonchev–Trinajstić information content (AvgIpc) is 1.66. The lowest BCUT2D eigenvalue weighted by Crippen LogP contribution is -2.38. The number of phosphoric ester groups is 1. The molecule has 2 heterocycles. The van der Waals surface area contributed by atoms with Crippen LogP contribution in [0.25, 0.3) is 0 Å². The van der Waals surface area contributed by atoms with Crippen LogP contribution in [0.4, 0.5) is 4.79 Å². The quantitative estimate of drug-likeness (QED) is 0.00822. The topological polar surface area (TPSA) is 391 Å². The summed E-state index contributed by atoms with van der Waals surface area (Å²) in [6.45, 7) is 14.3. The van der Waals surface area contributed by atoms with Crippen LogP contribution in [0.3, 0.4) is 0 Å². The molecule has 6 N–H and O–H groups in total. The minimum atomic E-state index is -4.42. The number of ether oxygens (including phenoxy) is 15. The Balaban J connectivity index is 1.42. The maximum absolute atomic E-state index is 13.1. The van der Waals surface area contributed by atoms with E-state index in [4.69, 9.17) is 80.1 Å². The molecule has 870 valence electrons. The largest absolute Gasteiger partial charge is 0.472 e. The van der Waals surface area contributed by atoms with Crippen LogP contribution in [0.15, 0.2) is 0 Å². The van der Waals surface area contributed by atoms with E-state index >= 15 is 0 Å². The van der Waals surface area contributed by atoms with Crippen molar-refractivity contribution in [3.63, 3.8) is 0 Å². The number of fused-ring (bicyclic) bond motifs is 1. The van der Waals surface area contributed by atoms with Crippen LogP contribution < -0.4 is 26.6 Å². The SMILES string of the molecule is CCCCCCCCCCCCCCCC(=O)OC[C@H](COP(=O)(O)OCC[N+](C)(C)C)OC(=O)CCCCCCCCCCCCCCCCCCCCCCCCCCCCCCC(=O)O[C@@H](CNC(=O)CCC(=O)NCCOCCOCCOCCOCCOCCOCCOCCOCCOCCOCCOCCNC(=O)CCCC[C@@H]1SC[C@@H]2NC(=O)N[C@@H]21)COC(=O)CCCCCCCCCCCCCCC. The molecule has 2 saturated heterocycles. The van der Waals surface area contributed by atoms with E-state index in [0.717, 1.165) is 102 Å². The van der Waals surface area contributed by atoms with Gasteiger partial charge in [0.15, 0.2) is 12.2 Å². The molecule has 35 heteroatoms. The third kappa shape index (κ3) is 98.4. The molecule has 0 aromatic rings. The number of nitrogens with zero attached hydrogens (tertiary/aromatic N) is 1. The van der Waals surface area contributed by atoms with Crippen molar-refractivity contribution < 1.29 is 132 Å². The highest BCUT2D eigenvalue weighted by Crippen LogP contribution is 2.43. The Kier molecular flexibility index (Phi) is 99.5. The number of likely N-dealkylation sites (N-methyl/N-ethyl adjacent to an activating group) is 1. The third-order valence-corrected chi connectivity index (χ3v) is 28.9. The Hall–Kier alpha value is -4.46. The molecule has 2 aliphatic heterocycles. The second-order valence-corrected chi connectivity index (χ2v) is 43.9. The van der Waals surface area contributed by atoms with E-state index in [1.165, 1.54) is 257 Å². The van der Waals surface area contributed by atoms with Gasteiger partial charge in [-0.1, -0.05) is 341 Å². The molecule has 0 radical (unpaired) electrons. The van der Waals surface area contributed by atoms with Crippen LogP contribution >= 0.6 is 19.6 Å². The van der Waals surface area contributed by atoms with Gasteiger partial charge in [0.05, 0.1) is 192 Å². The van der Waals surface area contributed by atoms with Crippen LogP contribution in [-0.2, 0) is 118 Å². The molecule has 148 heavy (non-hydrogen) atoms. The normalized spacial score (nSPS) is 14.8. The highest BCUT2D eigenvalue weighted by molar-refractivity contribution is 8.00. The number of carbonyl (C=O) groups excluding carboxylic acids is 8. The monoisotopic (exact) mass is 2150 g/mol.